The van der Waals surface area contributed by atoms with Crippen LogP contribution in [-0.4, -0.2) is 29.7 Å². The molecule has 0 aliphatic heterocycles. The first-order valence-corrected chi connectivity index (χ1v) is 7.35. The molecular formula is C14H17Cl2N5O. The van der Waals surface area contributed by atoms with Crippen LogP contribution in [0, 0.1) is 0 Å². The Hall–Kier alpha value is -1.76. The highest BCUT2D eigenvalue weighted by Gasteiger charge is 2.12. The zero-order valence-corrected chi connectivity index (χ0v) is 13.7. The van der Waals surface area contributed by atoms with Crippen LogP contribution in [0.4, 0.5) is 23.0 Å². The number of aromatic nitrogens is 2. The monoisotopic (exact) mass is 341 g/mol. The van der Waals surface area contributed by atoms with Crippen molar-refractivity contribution in [1.82, 2.24) is 9.97 Å². The van der Waals surface area contributed by atoms with Crippen molar-refractivity contribution in [3.63, 3.8) is 0 Å². The van der Waals surface area contributed by atoms with Gasteiger partial charge in [0.25, 0.3) is 0 Å². The topological polar surface area (TPSA) is 85.1 Å². The Bertz CT molecular complexity index is 653. The van der Waals surface area contributed by atoms with Crippen molar-refractivity contribution in [3.8, 4) is 0 Å². The van der Waals surface area contributed by atoms with E-state index in [9.17, 15) is 0 Å². The van der Waals surface area contributed by atoms with Gasteiger partial charge >= 0.3 is 0 Å². The van der Waals surface area contributed by atoms with E-state index in [1.54, 1.807) is 25.3 Å². The second kappa shape index (κ2) is 7.49. The molecule has 8 heteroatoms. The second-order valence-corrected chi connectivity index (χ2v) is 5.50. The Kier molecular flexibility index (Phi) is 5.65. The molecule has 0 saturated carbocycles. The zero-order valence-electron chi connectivity index (χ0n) is 12.2. The quantitative estimate of drug-likeness (QED) is 0.744. The SMILES string of the molecule is COCC(C)Nc1ncnc(Nc2cccc(Cl)c2Cl)c1N. The summed E-state index contributed by atoms with van der Waals surface area (Å²) in [7, 11) is 1.63. The summed E-state index contributed by atoms with van der Waals surface area (Å²) in [5, 5.41) is 7.08. The van der Waals surface area contributed by atoms with E-state index in [1.807, 2.05) is 6.92 Å². The summed E-state index contributed by atoms with van der Waals surface area (Å²) < 4.78 is 5.08. The van der Waals surface area contributed by atoms with Crippen LogP contribution < -0.4 is 16.4 Å². The fourth-order valence-corrected chi connectivity index (χ4v) is 2.21. The number of nitrogens with zero attached hydrogens (tertiary/aromatic N) is 2. The molecule has 1 aromatic carbocycles. The number of nitrogens with two attached hydrogens (primary N) is 1. The number of nitrogen functional groups attached to an aromatic ring is 1. The molecule has 0 aliphatic rings. The largest absolute Gasteiger partial charge is 0.393 e. The predicted molar refractivity (Wildman–Crippen MR) is 91.1 cm³/mol. The van der Waals surface area contributed by atoms with Crippen LogP contribution in [0.5, 0.6) is 0 Å². The Morgan fingerprint density at radius 2 is 2.00 bits per heavy atom. The Morgan fingerprint density at radius 3 is 2.73 bits per heavy atom. The van der Waals surface area contributed by atoms with E-state index in [0.717, 1.165) is 0 Å². The standard InChI is InChI=1S/C14H17Cl2N5O/c1-8(6-22-2)20-13-12(17)14(19-7-18-13)21-10-5-3-4-9(15)11(10)16/h3-5,7-8H,6,17H2,1-2H3,(H2,18,19,20,21). The van der Waals surface area contributed by atoms with Crippen molar-refractivity contribution in [3.05, 3.63) is 34.6 Å². The summed E-state index contributed by atoms with van der Waals surface area (Å²) >= 11 is 12.1. The van der Waals surface area contributed by atoms with Crippen LogP contribution in [0.3, 0.4) is 0 Å². The third kappa shape index (κ3) is 3.91. The smallest absolute Gasteiger partial charge is 0.159 e. The van der Waals surface area contributed by atoms with Gasteiger partial charge in [-0.1, -0.05) is 29.3 Å². The molecule has 0 spiro atoms. The molecular weight excluding hydrogens is 325 g/mol. The summed E-state index contributed by atoms with van der Waals surface area (Å²) in [5.41, 5.74) is 7.11. The molecule has 1 unspecified atom stereocenters. The molecule has 0 radical (unpaired) electrons. The van der Waals surface area contributed by atoms with Gasteiger partial charge in [0.2, 0.25) is 0 Å². The van der Waals surface area contributed by atoms with E-state index < -0.39 is 0 Å². The van der Waals surface area contributed by atoms with E-state index in [1.165, 1.54) is 6.33 Å². The third-order valence-electron chi connectivity index (χ3n) is 2.89. The van der Waals surface area contributed by atoms with Crippen molar-refractivity contribution >= 4 is 46.2 Å². The maximum atomic E-state index is 6.15. The van der Waals surface area contributed by atoms with Gasteiger partial charge in [-0.05, 0) is 19.1 Å². The minimum absolute atomic E-state index is 0.0600. The summed E-state index contributed by atoms with van der Waals surface area (Å²) in [5.74, 6) is 0.978. The lowest BCUT2D eigenvalue weighted by molar-refractivity contribution is 0.190. The first-order chi connectivity index (χ1) is 10.5. The Balaban J connectivity index is 2.23. The van der Waals surface area contributed by atoms with E-state index in [-0.39, 0.29) is 6.04 Å². The predicted octanol–water partition coefficient (Wildman–Crippen LogP) is 3.56. The number of methoxy groups -OCH3 is 1. The molecule has 2 rings (SSSR count). The van der Waals surface area contributed by atoms with Crippen LogP contribution in [0.2, 0.25) is 10.0 Å². The molecule has 0 amide bonds. The maximum Gasteiger partial charge on any atom is 0.159 e. The van der Waals surface area contributed by atoms with Crippen LogP contribution in [0.25, 0.3) is 0 Å². The van der Waals surface area contributed by atoms with Crippen LogP contribution in [-0.2, 0) is 4.74 Å². The van der Waals surface area contributed by atoms with E-state index in [2.05, 4.69) is 20.6 Å². The molecule has 4 N–H and O–H groups in total. The van der Waals surface area contributed by atoms with E-state index in [0.29, 0.717) is 39.7 Å². The highest BCUT2D eigenvalue weighted by Crippen LogP contribution is 2.33. The number of halogens is 2. The lowest BCUT2D eigenvalue weighted by Crippen LogP contribution is -2.22. The maximum absolute atomic E-state index is 6.15. The van der Waals surface area contributed by atoms with Gasteiger partial charge in [-0.15, -0.1) is 0 Å². The van der Waals surface area contributed by atoms with Gasteiger partial charge in [-0.3, -0.25) is 0 Å². The molecule has 1 heterocycles. The number of rotatable bonds is 6. The van der Waals surface area contributed by atoms with Crippen molar-refractivity contribution in [2.45, 2.75) is 13.0 Å². The number of ether oxygens (including phenoxy) is 1. The molecule has 22 heavy (non-hydrogen) atoms. The van der Waals surface area contributed by atoms with Crippen molar-refractivity contribution in [1.29, 1.82) is 0 Å². The molecule has 0 fully saturated rings. The summed E-state index contributed by atoms with van der Waals surface area (Å²) in [6.45, 7) is 2.50. The number of anilines is 4. The molecule has 118 valence electrons. The fraction of sp³-hybridized carbons (Fsp3) is 0.286. The Labute approximate surface area is 139 Å². The minimum Gasteiger partial charge on any atom is -0.393 e. The summed E-state index contributed by atoms with van der Waals surface area (Å²) in [6.07, 6.45) is 1.42. The second-order valence-electron chi connectivity index (χ2n) is 4.71. The molecule has 0 saturated heterocycles. The number of hydrogen-bond donors (Lipinski definition) is 3. The first kappa shape index (κ1) is 16.6. The van der Waals surface area contributed by atoms with Crippen molar-refractivity contribution < 1.29 is 4.74 Å². The molecule has 1 aromatic heterocycles. The van der Waals surface area contributed by atoms with Crippen LogP contribution >= 0.6 is 23.2 Å². The highest BCUT2D eigenvalue weighted by molar-refractivity contribution is 6.43. The van der Waals surface area contributed by atoms with Crippen molar-refractivity contribution in [2.75, 3.05) is 30.1 Å². The molecule has 2 aromatic rings. The van der Waals surface area contributed by atoms with E-state index >= 15 is 0 Å². The minimum atomic E-state index is 0.0600. The lowest BCUT2D eigenvalue weighted by Gasteiger charge is -2.17. The van der Waals surface area contributed by atoms with Crippen LogP contribution in [0.15, 0.2) is 24.5 Å². The van der Waals surface area contributed by atoms with Crippen LogP contribution in [0.1, 0.15) is 6.92 Å². The number of benzene rings is 1. The van der Waals surface area contributed by atoms with Gasteiger partial charge in [0.05, 0.1) is 22.3 Å². The highest BCUT2D eigenvalue weighted by atomic mass is 35.5. The average Bonchev–Trinajstić information content (AvgIpc) is 2.48. The van der Waals surface area contributed by atoms with Gasteiger partial charge in [-0.25, -0.2) is 9.97 Å². The summed E-state index contributed by atoms with van der Waals surface area (Å²) in [4.78, 5) is 8.28. The zero-order chi connectivity index (χ0) is 16.1. The fourth-order valence-electron chi connectivity index (χ4n) is 1.86. The molecule has 0 bridgehead atoms. The lowest BCUT2D eigenvalue weighted by atomic mass is 10.3. The van der Waals surface area contributed by atoms with Gasteiger partial charge < -0.3 is 21.1 Å². The molecule has 0 aliphatic carbocycles. The average molecular weight is 342 g/mol. The number of nitrogens with one attached hydrogen (secondary N) is 2. The van der Waals surface area contributed by atoms with E-state index in [4.69, 9.17) is 33.7 Å². The van der Waals surface area contributed by atoms with Crippen molar-refractivity contribution in [2.24, 2.45) is 0 Å². The van der Waals surface area contributed by atoms with Gasteiger partial charge in [0.15, 0.2) is 11.6 Å². The first-order valence-electron chi connectivity index (χ1n) is 6.60. The normalized spacial score (nSPS) is 12.0. The number of hydrogen-bond acceptors (Lipinski definition) is 6. The third-order valence-corrected chi connectivity index (χ3v) is 3.71. The molecule has 1 atom stereocenters. The summed E-state index contributed by atoms with van der Waals surface area (Å²) in [6, 6.07) is 5.34. The molecule has 6 nitrogen and oxygen atoms in total. The van der Waals surface area contributed by atoms with Gasteiger partial charge in [-0.2, -0.15) is 0 Å². The van der Waals surface area contributed by atoms with Gasteiger partial charge in [0, 0.05) is 13.2 Å². The Morgan fingerprint density at radius 1 is 1.27 bits per heavy atom. The van der Waals surface area contributed by atoms with Gasteiger partial charge in [0.1, 0.15) is 12.0 Å².